The van der Waals surface area contributed by atoms with Gasteiger partial charge in [-0.25, -0.2) is 9.97 Å². The average Bonchev–Trinajstić information content (AvgIpc) is 2.77. The topological polar surface area (TPSA) is 98.8 Å². The van der Waals surface area contributed by atoms with E-state index < -0.39 is 0 Å². The predicted octanol–water partition coefficient (Wildman–Crippen LogP) is 5.00. The third kappa shape index (κ3) is 3.22. The van der Waals surface area contributed by atoms with Gasteiger partial charge in [0.25, 0.3) is 0 Å². The van der Waals surface area contributed by atoms with Crippen LogP contribution >= 0.6 is 0 Å². The molecule has 0 aliphatic heterocycles. The molecule has 146 valence electrons. The molecule has 3 N–H and O–H groups in total. The molecule has 5 rings (SSSR count). The number of para-hydroxylation sites is 1. The SMILES string of the molecule is Cc1ccc2cccc(Oc3ncnc(Nc4cccc5ncccc45)c3N)c2n1. The Balaban J connectivity index is 1.52. The first kappa shape index (κ1) is 17.8. The maximum atomic E-state index is 6.35. The van der Waals surface area contributed by atoms with Gasteiger partial charge in [0.15, 0.2) is 11.6 Å². The molecule has 0 saturated carbocycles. The number of ether oxygens (including phenoxy) is 1. The average molecular weight is 394 g/mol. The number of nitrogens with two attached hydrogens (primary N) is 1. The van der Waals surface area contributed by atoms with Gasteiger partial charge in [-0.1, -0.05) is 24.3 Å². The molecule has 30 heavy (non-hydrogen) atoms. The smallest absolute Gasteiger partial charge is 0.248 e. The van der Waals surface area contributed by atoms with Gasteiger partial charge in [0.2, 0.25) is 5.88 Å². The van der Waals surface area contributed by atoms with Crippen molar-refractivity contribution < 1.29 is 4.74 Å². The van der Waals surface area contributed by atoms with Crippen molar-refractivity contribution in [3.05, 3.63) is 78.9 Å². The van der Waals surface area contributed by atoms with Crippen LogP contribution in [0.5, 0.6) is 11.6 Å². The molecule has 0 radical (unpaired) electrons. The van der Waals surface area contributed by atoms with Gasteiger partial charge in [-0.3, -0.25) is 4.98 Å². The molecule has 0 amide bonds. The van der Waals surface area contributed by atoms with Crippen LogP contribution in [0.2, 0.25) is 0 Å². The van der Waals surface area contributed by atoms with Crippen LogP contribution in [0, 0.1) is 6.92 Å². The first-order chi connectivity index (χ1) is 14.7. The second kappa shape index (κ2) is 7.29. The highest BCUT2D eigenvalue weighted by Gasteiger charge is 2.14. The number of aromatic nitrogens is 4. The molecule has 0 aliphatic rings. The van der Waals surface area contributed by atoms with E-state index in [1.165, 1.54) is 6.33 Å². The number of nitrogens with one attached hydrogen (secondary N) is 1. The normalized spacial score (nSPS) is 11.0. The van der Waals surface area contributed by atoms with Crippen molar-refractivity contribution in [1.29, 1.82) is 0 Å². The summed E-state index contributed by atoms with van der Waals surface area (Å²) in [4.78, 5) is 17.5. The van der Waals surface area contributed by atoms with Gasteiger partial charge in [-0.05, 0) is 43.3 Å². The third-order valence-electron chi connectivity index (χ3n) is 4.78. The third-order valence-corrected chi connectivity index (χ3v) is 4.78. The Hall–Kier alpha value is -4.26. The molecule has 0 bridgehead atoms. The van der Waals surface area contributed by atoms with Crippen LogP contribution in [0.15, 0.2) is 73.2 Å². The summed E-state index contributed by atoms with van der Waals surface area (Å²) in [5.74, 6) is 1.31. The zero-order valence-electron chi connectivity index (χ0n) is 16.2. The molecular formula is C23H18N6O. The van der Waals surface area contributed by atoms with Gasteiger partial charge in [-0.15, -0.1) is 0 Å². The maximum Gasteiger partial charge on any atom is 0.248 e. The van der Waals surface area contributed by atoms with Crippen molar-refractivity contribution in [3.8, 4) is 11.6 Å². The molecule has 7 heteroatoms. The summed E-state index contributed by atoms with van der Waals surface area (Å²) in [5, 5.41) is 5.22. The predicted molar refractivity (Wildman–Crippen MR) is 118 cm³/mol. The Bertz CT molecular complexity index is 1380. The molecule has 3 heterocycles. The van der Waals surface area contributed by atoms with E-state index in [9.17, 15) is 0 Å². The zero-order chi connectivity index (χ0) is 20.5. The van der Waals surface area contributed by atoms with Gasteiger partial charge >= 0.3 is 0 Å². The van der Waals surface area contributed by atoms with Crippen LogP contribution < -0.4 is 15.8 Å². The summed E-state index contributed by atoms with van der Waals surface area (Å²) in [6.07, 6.45) is 3.18. The highest BCUT2D eigenvalue weighted by atomic mass is 16.5. The number of anilines is 3. The summed E-state index contributed by atoms with van der Waals surface area (Å²) in [5.41, 5.74) is 10.0. The fourth-order valence-corrected chi connectivity index (χ4v) is 3.30. The van der Waals surface area contributed by atoms with Crippen LogP contribution in [0.1, 0.15) is 5.69 Å². The van der Waals surface area contributed by atoms with Gasteiger partial charge < -0.3 is 15.8 Å². The highest BCUT2D eigenvalue weighted by molar-refractivity contribution is 5.94. The van der Waals surface area contributed by atoms with E-state index in [2.05, 4.69) is 25.3 Å². The molecule has 0 fully saturated rings. The molecular weight excluding hydrogens is 376 g/mol. The summed E-state index contributed by atoms with van der Waals surface area (Å²) in [7, 11) is 0. The number of pyridine rings is 2. The number of hydrogen-bond donors (Lipinski definition) is 2. The van der Waals surface area contributed by atoms with Crippen molar-refractivity contribution in [3.63, 3.8) is 0 Å². The first-order valence-electron chi connectivity index (χ1n) is 9.44. The lowest BCUT2D eigenvalue weighted by Crippen LogP contribution is -2.03. The number of fused-ring (bicyclic) bond motifs is 2. The number of nitrogens with zero attached hydrogens (tertiary/aromatic N) is 4. The van der Waals surface area contributed by atoms with Crippen LogP contribution in [-0.2, 0) is 0 Å². The van der Waals surface area contributed by atoms with E-state index >= 15 is 0 Å². The summed E-state index contributed by atoms with van der Waals surface area (Å²) in [6.45, 7) is 1.94. The Morgan fingerprint density at radius 3 is 2.73 bits per heavy atom. The Kier molecular flexibility index (Phi) is 4.33. The van der Waals surface area contributed by atoms with Crippen LogP contribution in [0.25, 0.3) is 21.8 Å². The number of aryl methyl sites for hydroxylation is 1. The van der Waals surface area contributed by atoms with Gasteiger partial charge in [0, 0.05) is 28.4 Å². The lowest BCUT2D eigenvalue weighted by atomic mass is 10.2. The lowest BCUT2D eigenvalue weighted by Gasteiger charge is -2.13. The van der Waals surface area contributed by atoms with Crippen molar-refractivity contribution in [2.24, 2.45) is 0 Å². The number of rotatable bonds is 4. The quantitative estimate of drug-likeness (QED) is 0.442. The van der Waals surface area contributed by atoms with Crippen molar-refractivity contribution >= 4 is 39.0 Å². The van der Waals surface area contributed by atoms with Gasteiger partial charge in [0.05, 0.1) is 5.52 Å². The van der Waals surface area contributed by atoms with Gasteiger partial charge in [0.1, 0.15) is 17.5 Å². The van der Waals surface area contributed by atoms with Crippen LogP contribution in [-0.4, -0.2) is 19.9 Å². The lowest BCUT2D eigenvalue weighted by molar-refractivity contribution is 0.469. The van der Waals surface area contributed by atoms with E-state index in [-0.39, 0.29) is 5.88 Å². The Morgan fingerprint density at radius 2 is 1.80 bits per heavy atom. The minimum atomic E-state index is 0.265. The molecule has 0 spiro atoms. The zero-order valence-corrected chi connectivity index (χ0v) is 16.2. The van der Waals surface area contributed by atoms with Gasteiger partial charge in [-0.2, -0.15) is 4.98 Å². The van der Waals surface area contributed by atoms with E-state index in [1.54, 1.807) is 6.20 Å². The van der Waals surface area contributed by atoms with E-state index in [0.717, 1.165) is 33.2 Å². The molecule has 0 atom stereocenters. The van der Waals surface area contributed by atoms with Crippen LogP contribution in [0.4, 0.5) is 17.2 Å². The fourth-order valence-electron chi connectivity index (χ4n) is 3.30. The summed E-state index contributed by atoms with van der Waals surface area (Å²) < 4.78 is 6.05. The maximum absolute atomic E-state index is 6.35. The molecule has 3 aromatic heterocycles. The Morgan fingerprint density at radius 1 is 0.900 bits per heavy atom. The minimum absolute atomic E-state index is 0.265. The van der Waals surface area contributed by atoms with E-state index in [1.807, 2.05) is 67.6 Å². The Labute approximate surface area is 172 Å². The number of benzene rings is 2. The number of hydrogen-bond acceptors (Lipinski definition) is 7. The summed E-state index contributed by atoms with van der Waals surface area (Å²) in [6, 6.07) is 19.4. The van der Waals surface area contributed by atoms with Crippen molar-refractivity contribution in [2.45, 2.75) is 6.92 Å². The summed E-state index contributed by atoms with van der Waals surface area (Å²) >= 11 is 0. The van der Waals surface area contributed by atoms with E-state index in [0.29, 0.717) is 17.3 Å². The molecule has 7 nitrogen and oxygen atoms in total. The minimum Gasteiger partial charge on any atom is -0.435 e. The second-order valence-electron chi connectivity index (χ2n) is 6.82. The largest absolute Gasteiger partial charge is 0.435 e. The monoisotopic (exact) mass is 394 g/mol. The first-order valence-corrected chi connectivity index (χ1v) is 9.44. The molecule has 0 aliphatic carbocycles. The number of nitrogen functional groups attached to an aromatic ring is 1. The molecule has 5 aromatic rings. The van der Waals surface area contributed by atoms with E-state index in [4.69, 9.17) is 10.5 Å². The molecule has 0 unspecified atom stereocenters. The standard InChI is InChI=1S/C23H18N6O/c1-14-10-11-15-5-2-9-19(21(15)28-14)30-23-20(24)22(26-13-27-23)29-18-8-3-7-17-16(18)6-4-12-25-17/h2-13H,24H2,1H3,(H,26,27,29). The molecule has 0 saturated heterocycles. The van der Waals surface area contributed by atoms with Crippen LogP contribution in [0.3, 0.4) is 0 Å². The molecule has 2 aromatic carbocycles. The highest BCUT2D eigenvalue weighted by Crippen LogP contribution is 2.34. The second-order valence-corrected chi connectivity index (χ2v) is 6.82. The van der Waals surface area contributed by atoms with Crippen molar-refractivity contribution in [1.82, 2.24) is 19.9 Å². The fraction of sp³-hybridized carbons (Fsp3) is 0.0435. The van der Waals surface area contributed by atoms with Crippen molar-refractivity contribution in [2.75, 3.05) is 11.1 Å².